The van der Waals surface area contributed by atoms with Crippen molar-refractivity contribution in [2.45, 2.75) is 34.9 Å². The van der Waals surface area contributed by atoms with Crippen LogP contribution in [0.25, 0.3) is 21.3 Å². The Labute approximate surface area is 200 Å². The second kappa shape index (κ2) is 9.38. The van der Waals surface area contributed by atoms with Crippen LogP contribution in [0.2, 0.25) is 0 Å². The van der Waals surface area contributed by atoms with Gasteiger partial charge in [0.2, 0.25) is 10.0 Å². The highest BCUT2D eigenvalue weighted by atomic mass is 32.2. The van der Waals surface area contributed by atoms with E-state index < -0.39 is 10.0 Å². The molecule has 1 fully saturated rings. The number of fused-ring (bicyclic) bond motifs is 1. The first-order chi connectivity index (χ1) is 16.0. The third-order valence-electron chi connectivity index (χ3n) is 5.60. The lowest BCUT2D eigenvalue weighted by Gasteiger charge is -2.25. The molecule has 3 aromatic heterocycles. The lowest BCUT2D eigenvalue weighted by Crippen LogP contribution is -2.35. The largest absolute Gasteiger partial charge is 0.309 e. The molecule has 0 bridgehead atoms. The van der Waals surface area contributed by atoms with Gasteiger partial charge in [0, 0.05) is 30.2 Å². The number of benzene rings is 1. The van der Waals surface area contributed by atoms with Crippen LogP contribution in [0.4, 0.5) is 0 Å². The van der Waals surface area contributed by atoms with E-state index in [4.69, 9.17) is 0 Å². The number of pyridine rings is 1. The molecule has 0 atom stereocenters. The van der Waals surface area contributed by atoms with Crippen LogP contribution in [-0.4, -0.2) is 40.8 Å². The summed E-state index contributed by atoms with van der Waals surface area (Å²) in [5, 5.41) is 3.24. The van der Waals surface area contributed by atoms with E-state index in [2.05, 4.69) is 15.0 Å². The first kappa shape index (κ1) is 22.3. The Kier molecular flexibility index (Phi) is 6.33. The Morgan fingerprint density at radius 2 is 1.85 bits per heavy atom. The summed E-state index contributed by atoms with van der Waals surface area (Å²) < 4.78 is 27.1. The lowest BCUT2D eigenvalue weighted by atomic mass is 10.1. The molecular weight excluding hydrogens is 476 g/mol. The number of rotatable bonds is 6. The van der Waals surface area contributed by atoms with Crippen molar-refractivity contribution in [3.8, 4) is 11.1 Å². The number of sulfonamides is 1. The Balaban J connectivity index is 1.31. The zero-order chi connectivity index (χ0) is 22.8. The van der Waals surface area contributed by atoms with Crippen molar-refractivity contribution in [2.24, 2.45) is 0 Å². The van der Waals surface area contributed by atoms with Gasteiger partial charge in [-0.05, 0) is 30.5 Å². The van der Waals surface area contributed by atoms with Crippen LogP contribution in [0.5, 0.6) is 0 Å². The molecule has 5 rings (SSSR count). The van der Waals surface area contributed by atoms with E-state index in [0.29, 0.717) is 39.9 Å². The van der Waals surface area contributed by atoms with Gasteiger partial charge in [-0.25, -0.2) is 18.4 Å². The third-order valence-corrected chi connectivity index (χ3v) is 9.31. The van der Waals surface area contributed by atoms with Crippen LogP contribution in [0.15, 0.2) is 68.8 Å². The fourth-order valence-electron chi connectivity index (χ4n) is 3.89. The highest BCUT2D eigenvalue weighted by molar-refractivity contribution is 7.98. The highest BCUT2D eigenvalue weighted by Gasteiger charge is 2.26. The van der Waals surface area contributed by atoms with Gasteiger partial charge >= 0.3 is 0 Å². The fraction of sp³-hybridized carbons (Fsp3) is 0.261. The number of thioether (sulfide) groups is 1. The van der Waals surface area contributed by atoms with Crippen molar-refractivity contribution >= 4 is 43.3 Å². The van der Waals surface area contributed by atoms with Crippen LogP contribution in [0, 0.1) is 0 Å². The minimum Gasteiger partial charge on any atom is -0.309 e. The van der Waals surface area contributed by atoms with Crippen molar-refractivity contribution in [3.05, 3.63) is 70.2 Å². The van der Waals surface area contributed by atoms with Gasteiger partial charge in [-0.15, -0.1) is 11.3 Å². The fourth-order valence-corrected chi connectivity index (χ4v) is 7.04. The SMILES string of the molecule is O=c1[nH]c(CSc2ccc(S(=O)(=O)N3CCCCC3)cn2)nc2scc(-c3ccccc3)c12. The molecule has 170 valence electrons. The van der Waals surface area contributed by atoms with E-state index in [1.54, 1.807) is 12.1 Å². The molecule has 1 N–H and O–H groups in total. The number of piperidine rings is 1. The first-order valence-corrected chi connectivity index (χ1v) is 14.0. The minimum atomic E-state index is -3.49. The summed E-state index contributed by atoms with van der Waals surface area (Å²) in [6, 6.07) is 13.1. The predicted molar refractivity (Wildman–Crippen MR) is 132 cm³/mol. The number of hydrogen-bond acceptors (Lipinski definition) is 7. The Morgan fingerprint density at radius 3 is 2.58 bits per heavy atom. The molecule has 1 aliphatic heterocycles. The molecule has 1 aromatic carbocycles. The van der Waals surface area contributed by atoms with E-state index >= 15 is 0 Å². The third kappa shape index (κ3) is 4.61. The first-order valence-electron chi connectivity index (χ1n) is 10.7. The highest BCUT2D eigenvalue weighted by Crippen LogP contribution is 2.31. The van der Waals surface area contributed by atoms with Crippen molar-refractivity contribution in [2.75, 3.05) is 13.1 Å². The summed E-state index contributed by atoms with van der Waals surface area (Å²) in [7, 11) is -3.49. The van der Waals surface area contributed by atoms with Gasteiger partial charge in [-0.2, -0.15) is 4.31 Å². The van der Waals surface area contributed by atoms with E-state index in [9.17, 15) is 13.2 Å². The molecule has 4 aromatic rings. The molecule has 1 aliphatic rings. The molecule has 0 unspecified atom stereocenters. The van der Waals surface area contributed by atoms with E-state index in [1.807, 2.05) is 35.7 Å². The molecule has 4 heterocycles. The van der Waals surface area contributed by atoms with Gasteiger partial charge in [0.15, 0.2) is 0 Å². The molecule has 7 nitrogen and oxygen atoms in total. The molecule has 0 saturated carbocycles. The molecule has 0 spiro atoms. The number of H-pyrrole nitrogens is 1. The maximum Gasteiger partial charge on any atom is 0.260 e. The monoisotopic (exact) mass is 498 g/mol. The van der Waals surface area contributed by atoms with Crippen molar-refractivity contribution in [1.82, 2.24) is 19.3 Å². The number of aromatic nitrogens is 3. The molecule has 0 amide bonds. The summed E-state index contributed by atoms with van der Waals surface area (Å²) in [4.78, 5) is 25.5. The smallest absolute Gasteiger partial charge is 0.260 e. The Bertz CT molecular complexity index is 1430. The molecule has 0 radical (unpaired) electrons. The van der Waals surface area contributed by atoms with Crippen molar-refractivity contribution in [1.29, 1.82) is 0 Å². The van der Waals surface area contributed by atoms with E-state index in [-0.39, 0.29) is 10.5 Å². The summed E-state index contributed by atoms with van der Waals surface area (Å²) in [6.07, 6.45) is 4.28. The average Bonchev–Trinajstić information content (AvgIpc) is 3.29. The van der Waals surface area contributed by atoms with Gasteiger partial charge in [-0.1, -0.05) is 48.5 Å². The summed E-state index contributed by atoms with van der Waals surface area (Å²) in [5.41, 5.74) is 1.71. The van der Waals surface area contributed by atoms with E-state index in [0.717, 1.165) is 30.4 Å². The van der Waals surface area contributed by atoms with Crippen molar-refractivity contribution in [3.63, 3.8) is 0 Å². The van der Waals surface area contributed by atoms with Crippen LogP contribution in [-0.2, 0) is 15.8 Å². The van der Waals surface area contributed by atoms with Crippen molar-refractivity contribution < 1.29 is 8.42 Å². The zero-order valence-electron chi connectivity index (χ0n) is 17.7. The van der Waals surface area contributed by atoms with Gasteiger partial charge in [0.1, 0.15) is 15.6 Å². The molecule has 33 heavy (non-hydrogen) atoms. The van der Waals surface area contributed by atoms with Gasteiger partial charge in [-0.3, -0.25) is 4.79 Å². The quantitative estimate of drug-likeness (QED) is 0.393. The van der Waals surface area contributed by atoms with Crippen LogP contribution < -0.4 is 5.56 Å². The second-order valence-electron chi connectivity index (χ2n) is 7.79. The molecule has 10 heteroatoms. The predicted octanol–water partition coefficient (Wildman–Crippen LogP) is 4.51. The topological polar surface area (TPSA) is 96.0 Å². The van der Waals surface area contributed by atoms with Crippen LogP contribution in [0.3, 0.4) is 0 Å². The summed E-state index contributed by atoms with van der Waals surface area (Å²) in [5.74, 6) is 0.986. The summed E-state index contributed by atoms with van der Waals surface area (Å²) in [6.45, 7) is 1.13. The van der Waals surface area contributed by atoms with Crippen LogP contribution >= 0.6 is 23.1 Å². The van der Waals surface area contributed by atoms with Crippen LogP contribution in [0.1, 0.15) is 25.1 Å². The molecule has 1 saturated heterocycles. The number of thiophene rings is 1. The maximum absolute atomic E-state index is 12.8. The Hall–Kier alpha value is -2.53. The average molecular weight is 499 g/mol. The summed E-state index contributed by atoms with van der Waals surface area (Å²) >= 11 is 2.85. The minimum absolute atomic E-state index is 0.161. The maximum atomic E-state index is 12.8. The number of aromatic amines is 1. The molecular formula is C23H22N4O3S3. The number of hydrogen-bond donors (Lipinski definition) is 1. The lowest BCUT2D eigenvalue weighted by molar-refractivity contribution is 0.346. The normalized spacial score (nSPS) is 15.2. The number of nitrogens with zero attached hydrogens (tertiary/aromatic N) is 3. The molecule has 0 aliphatic carbocycles. The van der Waals surface area contributed by atoms with Gasteiger partial charge in [0.25, 0.3) is 5.56 Å². The Morgan fingerprint density at radius 1 is 1.06 bits per heavy atom. The second-order valence-corrected chi connectivity index (χ2v) is 11.6. The van der Waals surface area contributed by atoms with E-state index in [1.165, 1.54) is 33.6 Å². The standard InChI is InChI=1S/C23H22N4O3S3/c28-22-21-18(16-7-3-1-4-8-16)14-32-23(21)26-19(25-22)15-31-20-10-9-17(13-24-20)33(29,30)27-11-5-2-6-12-27/h1,3-4,7-10,13-14H,2,5-6,11-12,15H2,(H,25,26,28). The van der Waals surface area contributed by atoms with Gasteiger partial charge < -0.3 is 4.98 Å². The number of nitrogens with one attached hydrogen (secondary N) is 1. The van der Waals surface area contributed by atoms with Gasteiger partial charge in [0.05, 0.1) is 16.2 Å². The zero-order valence-corrected chi connectivity index (χ0v) is 20.2.